The lowest BCUT2D eigenvalue weighted by Crippen LogP contribution is -2.46. The molecule has 2 N–H and O–H groups in total. The molecular formula is C18H31N2+. The second kappa shape index (κ2) is 6.28. The molecule has 0 aliphatic heterocycles. The molecule has 0 heterocycles. The smallest absolute Gasteiger partial charge is 0.0783 e. The van der Waals surface area contributed by atoms with Gasteiger partial charge in [0.15, 0.2) is 0 Å². The second-order valence-corrected chi connectivity index (χ2v) is 7.77. The zero-order valence-corrected chi connectivity index (χ0v) is 13.4. The van der Waals surface area contributed by atoms with Crippen LogP contribution in [0.3, 0.4) is 0 Å². The summed E-state index contributed by atoms with van der Waals surface area (Å²) in [7, 11) is 6.85. The predicted molar refractivity (Wildman–Crippen MR) is 86.5 cm³/mol. The first-order chi connectivity index (χ1) is 9.36. The Labute approximate surface area is 124 Å². The summed E-state index contributed by atoms with van der Waals surface area (Å²) in [5.74, 6) is 0.889. The highest BCUT2D eigenvalue weighted by Gasteiger charge is 2.32. The molecule has 0 atom stereocenters. The van der Waals surface area contributed by atoms with Gasteiger partial charge in [0.2, 0.25) is 0 Å². The summed E-state index contributed by atoms with van der Waals surface area (Å²) in [6.07, 6.45) is 7.38. The highest BCUT2D eigenvalue weighted by molar-refractivity contribution is 5.18. The zero-order chi connectivity index (χ0) is 14.6. The van der Waals surface area contributed by atoms with Gasteiger partial charge in [0, 0.05) is 5.54 Å². The van der Waals surface area contributed by atoms with Crippen LogP contribution >= 0.6 is 0 Å². The molecule has 0 radical (unpaired) electrons. The van der Waals surface area contributed by atoms with Crippen LogP contribution in [0.4, 0.5) is 0 Å². The van der Waals surface area contributed by atoms with Gasteiger partial charge >= 0.3 is 0 Å². The van der Waals surface area contributed by atoms with Gasteiger partial charge in [-0.25, -0.2) is 0 Å². The van der Waals surface area contributed by atoms with Crippen LogP contribution in [0.2, 0.25) is 0 Å². The number of nitrogens with two attached hydrogens (primary N) is 1. The van der Waals surface area contributed by atoms with Gasteiger partial charge in [0.05, 0.1) is 27.7 Å². The van der Waals surface area contributed by atoms with Gasteiger partial charge in [0.1, 0.15) is 0 Å². The van der Waals surface area contributed by atoms with Crippen LogP contribution in [-0.2, 0) is 6.42 Å². The van der Waals surface area contributed by atoms with E-state index in [-0.39, 0.29) is 5.54 Å². The molecule has 2 nitrogen and oxygen atoms in total. The van der Waals surface area contributed by atoms with Crippen LogP contribution in [0.5, 0.6) is 0 Å². The van der Waals surface area contributed by atoms with Crippen LogP contribution in [0, 0.1) is 5.92 Å². The summed E-state index contributed by atoms with van der Waals surface area (Å²) in [6.45, 7) is 1.28. The first kappa shape index (κ1) is 15.5. The maximum absolute atomic E-state index is 6.63. The number of nitrogens with zero attached hydrogens (tertiary/aromatic N) is 1. The van der Waals surface area contributed by atoms with Gasteiger partial charge < -0.3 is 10.2 Å². The Balaban J connectivity index is 1.81. The summed E-state index contributed by atoms with van der Waals surface area (Å²) >= 11 is 0. The minimum absolute atomic E-state index is 0.0362. The van der Waals surface area contributed by atoms with Gasteiger partial charge in [-0.2, -0.15) is 0 Å². The van der Waals surface area contributed by atoms with Crippen molar-refractivity contribution in [3.63, 3.8) is 0 Å². The molecule has 1 aliphatic carbocycles. The fourth-order valence-electron chi connectivity index (χ4n) is 3.29. The van der Waals surface area contributed by atoms with Crippen molar-refractivity contribution in [3.8, 4) is 0 Å². The summed E-state index contributed by atoms with van der Waals surface area (Å²) in [5, 5.41) is 0. The summed E-state index contributed by atoms with van der Waals surface area (Å²) in [4.78, 5) is 0. The third-order valence-corrected chi connectivity index (χ3v) is 4.71. The van der Waals surface area contributed by atoms with Crippen molar-refractivity contribution >= 4 is 0 Å². The molecule has 0 aromatic heterocycles. The lowest BCUT2D eigenvalue weighted by atomic mass is 9.73. The minimum Gasteiger partial charge on any atom is -0.331 e. The molecule has 0 unspecified atom stereocenters. The van der Waals surface area contributed by atoms with Gasteiger partial charge in [-0.05, 0) is 50.0 Å². The van der Waals surface area contributed by atoms with Crippen molar-refractivity contribution in [1.29, 1.82) is 0 Å². The molecule has 0 spiro atoms. The quantitative estimate of drug-likeness (QED) is 0.821. The fraction of sp³-hybridized carbons (Fsp3) is 0.667. The van der Waals surface area contributed by atoms with E-state index in [1.54, 1.807) is 0 Å². The van der Waals surface area contributed by atoms with Crippen molar-refractivity contribution in [2.45, 2.75) is 44.1 Å². The Bertz CT molecular complexity index is 397. The van der Waals surface area contributed by atoms with E-state index in [1.807, 2.05) is 0 Å². The molecule has 1 aliphatic rings. The maximum atomic E-state index is 6.63. The highest BCUT2D eigenvalue weighted by Crippen LogP contribution is 2.34. The van der Waals surface area contributed by atoms with Crippen molar-refractivity contribution in [2.75, 3.05) is 27.7 Å². The molecule has 1 fully saturated rings. The minimum atomic E-state index is 0.0362. The average molecular weight is 275 g/mol. The number of hydrogen-bond acceptors (Lipinski definition) is 1. The van der Waals surface area contributed by atoms with Gasteiger partial charge in [-0.15, -0.1) is 0 Å². The largest absolute Gasteiger partial charge is 0.331 e. The van der Waals surface area contributed by atoms with E-state index in [2.05, 4.69) is 51.5 Å². The van der Waals surface area contributed by atoms with E-state index in [0.29, 0.717) is 0 Å². The maximum Gasteiger partial charge on any atom is 0.0783 e. The molecule has 0 saturated heterocycles. The van der Waals surface area contributed by atoms with E-state index in [1.165, 1.54) is 44.2 Å². The van der Waals surface area contributed by atoms with Crippen molar-refractivity contribution < 1.29 is 4.48 Å². The van der Waals surface area contributed by atoms with Crippen LogP contribution in [0.1, 0.15) is 37.7 Å². The second-order valence-electron chi connectivity index (χ2n) is 7.77. The highest BCUT2D eigenvalue weighted by atomic mass is 15.3. The molecule has 2 heteroatoms. The summed E-state index contributed by atoms with van der Waals surface area (Å²) in [6, 6.07) is 10.7. The Hall–Kier alpha value is -0.860. The molecule has 1 aromatic rings. The number of rotatable bonds is 5. The molecule has 1 saturated carbocycles. The topological polar surface area (TPSA) is 26.0 Å². The number of quaternary nitrogens is 1. The van der Waals surface area contributed by atoms with E-state index in [0.717, 1.165) is 16.8 Å². The lowest BCUT2D eigenvalue weighted by Gasteiger charge is -2.38. The Kier molecular flexibility index (Phi) is 4.87. The van der Waals surface area contributed by atoms with Crippen molar-refractivity contribution in [1.82, 2.24) is 0 Å². The molecular weight excluding hydrogens is 244 g/mol. The van der Waals surface area contributed by atoms with E-state index in [4.69, 9.17) is 5.73 Å². The molecule has 112 valence electrons. The van der Waals surface area contributed by atoms with E-state index < -0.39 is 0 Å². The predicted octanol–water partition coefficient (Wildman–Crippen LogP) is 3.21. The Morgan fingerprint density at radius 2 is 1.70 bits per heavy atom. The van der Waals surface area contributed by atoms with Crippen LogP contribution < -0.4 is 5.73 Å². The lowest BCUT2D eigenvalue weighted by molar-refractivity contribution is -0.871. The molecule has 2 rings (SSSR count). The van der Waals surface area contributed by atoms with Gasteiger partial charge in [0.25, 0.3) is 0 Å². The van der Waals surface area contributed by atoms with Crippen LogP contribution in [0.15, 0.2) is 30.3 Å². The molecule has 0 amide bonds. The number of benzene rings is 1. The standard InChI is InChI=1S/C18H31N2/c1-20(2,3)14-11-16-9-12-18(19,13-10-16)15-17-7-5-4-6-8-17/h4-8,16H,9-15,19H2,1-3H3/q+1. The van der Waals surface area contributed by atoms with Crippen molar-refractivity contribution in [2.24, 2.45) is 11.7 Å². The fourth-order valence-corrected chi connectivity index (χ4v) is 3.29. The van der Waals surface area contributed by atoms with Gasteiger partial charge in [-0.3, -0.25) is 0 Å². The van der Waals surface area contributed by atoms with E-state index >= 15 is 0 Å². The summed E-state index contributed by atoms with van der Waals surface area (Å²) in [5.41, 5.74) is 8.06. The molecule has 1 aromatic carbocycles. The third-order valence-electron chi connectivity index (χ3n) is 4.71. The Morgan fingerprint density at radius 1 is 1.10 bits per heavy atom. The van der Waals surface area contributed by atoms with Crippen LogP contribution in [-0.4, -0.2) is 37.7 Å². The first-order valence-electron chi connectivity index (χ1n) is 8.00. The SMILES string of the molecule is C[N+](C)(C)CCC1CCC(N)(Cc2ccccc2)CC1. The summed E-state index contributed by atoms with van der Waals surface area (Å²) < 4.78 is 1.08. The monoisotopic (exact) mass is 275 g/mol. The molecule has 20 heavy (non-hydrogen) atoms. The third kappa shape index (κ3) is 4.92. The van der Waals surface area contributed by atoms with Gasteiger partial charge in [-0.1, -0.05) is 30.3 Å². The van der Waals surface area contributed by atoms with Crippen LogP contribution in [0.25, 0.3) is 0 Å². The Morgan fingerprint density at radius 3 is 2.25 bits per heavy atom. The number of hydrogen-bond donors (Lipinski definition) is 1. The average Bonchev–Trinajstić information content (AvgIpc) is 2.38. The normalized spacial score (nSPS) is 27.5. The zero-order valence-electron chi connectivity index (χ0n) is 13.4. The van der Waals surface area contributed by atoms with Crippen molar-refractivity contribution in [3.05, 3.63) is 35.9 Å². The molecule has 0 bridgehead atoms. The first-order valence-corrected chi connectivity index (χ1v) is 8.00. The van der Waals surface area contributed by atoms with E-state index in [9.17, 15) is 0 Å².